The minimum absolute atomic E-state index is 0.0185. The second-order valence-electron chi connectivity index (χ2n) is 5.63. The van der Waals surface area contributed by atoms with Crippen molar-refractivity contribution >= 4 is 27.3 Å². The second-order valence-corrected chi connectivity index (χ2v) is 6.54. The Hall–Kier alpha value is -1.43. The number of nitrogens with one attached hydrogen (secondary N) is 1. The zero-order valence-electron chi connectivity index (χ0n) is 12.7. The number of carbonyl (C=O) groups excluding carboxylic acids is 1. The van der Waals surface area contributed by atoms with E-state index in [2.05, 4.69) is 22.8 Å². The zero-order chi connectivity index (χ0) is 15.4. The van der Waals surface area contributed by atoms with E-state index in [1.54, 1.807) is 11.3 Å². The molecule has 1 aliphatic heterocycles. The fourth-order valence-electron chi connectivity index (χ4n) is 2.75. The van der Waals surface area contributed by atoms with Crippen LogP contribution in [0.25, 0.3) is 10.1 Å². The van der Waals surface area contributed by atoms with Gasteiger partial charge in [0.15, 0.2) is 0 Å². The molecule has 0 unspecified atom stereocenters. The predicted octanol–water partition coefficient (Wildman–Crippen LogP) is 3.27. The first-order chi connectivity index (χ1) is 10.7. The maximum absolute atomic E-state index is 12.0. The van der Waals surface area contributed by atoms with Gasteiger partial charge in [0.1, 0.15) is 6.61 Å². The Kier molecular flexibility index (Phi) is 5.08. The van der Waals surface area contributed by atoms with Gasteiger partial charge in [0.05, 0.1) is 18.8 Å². The molecule has 3 rings (SSSR count). The van der Waals surface area contributed by atoms with Gasteiger partial charge in [0, 0.05) is 11.3 Å². The predicted molar refractivity (Wildman–Crippen MR) is 88.2 cm³/mol. The Labute approximate surface area is 134 Å². The van der Waals surface area contributed by atoms with E-state index in [1.807, 2.05) is 19.1 Å². The van der Waals surface area contributed by atoms with Gasteiger partial charge in [-0.05, 0) is 42.2 Å². The monoisotopic (exact) mass is 319 g/mol. The van der Waals surface area contributed by atoms with Gasteiger partial charge < -0.3 is 14.8 Å². The standard InChI is InChI=1S/C17H21NO3S/c1-12(15-11-22-16-7-3-2-6-14(15)16)18-17(19)10-20-9-13-5-4-8-21-13/h2-3,6-7,11-13H,4-5,8-10H2,1H3,(H,18,19)/t12-,13+/m1/s1. The van der Waals surface area contributed by atoms with Crippen LogP contribution < -0.4 is 5.32 Å². The van der Waals surface area contributed by atoms with Crippen LogP contribution >= 0.6 is 11.3 Å². The van der Waals surface area contributed by atoms with E-state index in [-0.39, 0.29) is 24.7 Å². The average Bonchev–Trinajstić information content (AvgIpc) is 3.16. The van der Waals surface area contributed by atoms with Crippen LogP contribution in [-0.4, -0.2) is 31.8 Å². The Morgan fingerprint density at radius 1 is 1.50 bits per heavy atom. The molecule has 0 spiro atoms. The highest BCUT2D eigenvalue weighted by Crippen LogP contribution is 2.29. The number of rotatable bonds is 6. The van der Waals surface area contributed by atoms with E-state index in [0.717, 1.165) is 25.0 Å². The lowest BCUT2D eigenvalue weighted by Gasteiger charge is -2.14. The Bertz CT molecular complexity index is 634. The lowest BCUT2D eigenvalue weighted by molar-refractivity contribution is -0.127. The fraction of sp³-hybridized carbons (Fsp3) is 0.471. The van der Waals surface area contributed by atoms with Gasteiger partial charge in [-0.1, -0.05) is 18.2 Å². The quantitative estimate of drug-likeness (QED) is 0.889. The normalized spacial score (nSPS) is 19.4. The first-order valence-corrected chi connectivity index (χ1v) is 8.57. The van der Waals surface area contributed by atoms with Crippen LogP contribution in [0.4, 0.5) is 0 Å². The largest absolute Gasteiger partial charge is 0.376 e. The Morgan fingerprint density at radius 3 is 3.18 bits per heavy atom. The summed E-state index contributed by atoms with van der Waals surface area (Å²) in [6, 6.07) is 8.23. The molecule has 1 amide bonds. The molecular formula is C17H21NO3S. The van der Waals surface area contributed by atoms with E-state index < -0.39 is 0 Å². The van der Waals surface area contributed by atoms with Gasteiger partial charge in [0.2, 0.25) is 5.91 Å². The third-order valence-corrected chi connectivity index (χ3v) is 4.90. The molecule has 0 aliphatic carbocycles. The lowest BCUT2D eigenvalue weighted by atomic mass is 10.1. The first-order valence-electron chi connectivity index (χ1n) is 7.69. The number of hydrogen-bond donors (Lipinski definition) is 1. The number of fused-ring (bicyclic) bond motifs is 1. The zero-order valence-corrected chi connectivity index (χ0v) is 13.5. The van der Waals surface area contributed by atoms with Gasteiger partial charge in [0.25, 0.3) is 0 Å². The summed E-state index contributed by atoms with van der Waals surface area (Å²) >= 11 is 1.70. The molecular weight excluding hydrogens is 298 g/mol. The lowest BCUT2D eigenvalue weighted by Crippen LogP contribution is -2.31. The summed E-state index contributed by atoms with van der Waals surface area (Å²) in [4.78, 5) is 12.0. The summed E-state index contributed by atoms with van der Waals surface area (Å²) in [5.41, 5.74) is 1.16. The maximum Gasteiger partial charge on any atom is 0.246 e. The summed E-state index contributed by atoms with van der Waals surface area (Å²) in [7, 11) is 0. The molecule has 1 N–H and O–H groups in total. The highest BCUT2D eigenvalue weighted by molar-refractivity contribution is 7.17. The molecule has 0 radical (unpaired) electrons. The maximum atomic E-state index is 12.0. The van der Waals surface area contributed by atoms with E-state index in [1.165, 1.54) is 10.1 Å². The topological polar surface area (TPSA) is 47.6 Å². The third-order valence-electron chi connectivity index (χ3n) is 3.92. The molecule has 118 valence electrons. The molecule has 2 heterocycles. The summed E-state index contributed by atoms with van der Waals surface area (Å²) in [6.07, 6.45) is 2.27. The van der Waals surface area contributed by atoms with E-state index in [9.17, 15) is 4.79 Å². The van der Waals surface area contributed by atoms with Crippen LogP contribution in [0, 0.1) is 0 Å². The summed E-state index contributed by atoms with van der Waals surface area (Å²) in [5.74, 6) is -0.0826. The van der Waals surface area contributed by atoms with Gasteiger partial charge >= 0.3 is 0 Å². The van der Waals surface area contributed by atoms with Crippen molar-refractivity contribution in [2.45, 2.75) is 31.9 Å². The number of hydrogen-bond acceptors (Lipinski definition) is 4. The van der Waals surface area contributed by atoms with Crippen molar-refractivity contribution in [3.8, 4) is 0 Å². The molecule has 4 nitrogen and oxygen atoms in total. The SMILES string of the molecule is C[C@@H](NC(=O)COC[C@@H]1CCCO1)c1csc2ccccc12. The number of carbonyl (C=O) groups is 1. The molecule has 2 aromatic rings. The number of benzene rings is 1. The summed E-state index contributed by atoms with van der Waals surface area (Å²) in [5, 5.41) is 6.32. The molecule has 0 saturated carbocycles. The van der Waals surface area contributed by atoms with Crippen LogP contribution in [-0.2, 0) is 14.3 Å². The minimum atomic E-state index is -0.0826. The highest BCUT2D eigenvalue weighted by atomic mass is 32.1. The molecule has 2 atom stereocenters. The molecule has 0 bridgehead atoms. The summed E-state index contributed by atoms with van der Waals surface area (Å²) < 4.78 is 12.2. The van der Waals surface area contributed by atoms with E-state index in [0.29, 0.717) is 6.61 Å². The van der Waals surface area contributed by atoms with Crippen LogP contribution in [0.15, 0.2) is 29.6 Å². The first kappa shape index (κ1) is 15.5. The van der Waals surface area contributed by atoms with Crippen LogP contribution in [0.2, 0.25) is 0 Å². The van der Waals surface area contributed by atoms with Crippen molar-refractivity contribution in [1.82, 2.24) is 5.32 Å². The number of ether oxygens (including phenoxy) is 2. The molecule has 5 heteroatoms. The summed E-state index contributed by atoms with van der Waals surface area (Å²) in [6.45, 7) is 3.41. The van der Waals surface area contributed by atoms with Crippen molar-refractivity contribution in [1.29, 1.82) is 0 Å². The van der Waals surface area contributed by atoms with E-state index in [4.69, 9.17) is 9.47 Å². The molecule has 1 aromatic heterocycles. The van der Waals surface area contributed by atoms with Crippen molar-refractivity contribution in [2.75, 3.05) is 19.8 Å². The number of thiophene rings is 1. The average molecular weight is 319 g/mol. The second kappa shape index (κ2) is 7.22. The fourth-order valence-corrected chi connectivity index (χ4v) is 3.81. The highest BCUT2D eigenvalue weighted by Gasteiger charge is 2.17. The Morgan fingerprint density at radius 2 is 2.36 bits per heavy atom. The van der Waals surface area contributed by atoms with Crippen LogP contribution in [0.3, 0.4) is 0 Å². The van der Waals surface area contributed by atoms with Crippen molar-refractivity contribution in [3.05, 3.63) is 35.2 Å². The van der Waals surface area contributed by atoms with E-state index >= 15 is 0 Å². The molecule has 22 heavy (non-hydrogen) atoms. The smallest absolute Gasteiger partial charge is 0.246 e. The van der Waals surface area contributed by atoms with Crippen molar-refractivity contribution in [2.24, 2.45) is 0 Å². The molecule has 1 aliphatic rings. The third kappa shape index (κ3) is 3.66. The van der Waals surface area contributed by atoms with Crippen LogP contribution in [0.5, 0.6) is 0 Å². The van der Waals surface area contributed by atoms with Crippen molar-refractivity contribution < 1.29 is 14.3 Å². The minimum Gasteiger partial charge on any atom is -0.376 e. The van der Waals surface area contributed by atoms with Gasteiger partial charge in [-0.25, -0.2) is 0 Å². The van der Waals surface area contributed by atoms with Crippen molar-refractivity contribution in [3.63, 3.8) is 0 Å². The van der Waals surface area contributed by atoms with Crippen LogP contribution in [0.1, 0.15) is 31.4 Å². The molecule has 1 aromatic carbocycles. The number of amides is 1. The van der Waals surface area contributed by atoms with Gasteiger partial charge in [-0.15, -0.1) is 11.3 Å². The Balaban J connectivity index is 1.50. The molecule has 1 saturated heterocycles. The van der Waals surface area contributed by atoms with Gasteiger partial charge in [-0.2, -0.15) is 0 Å². The molecule has 1 fully saturated rings. The van der Waals surface area contributed by atoms with Gasteiger partial charge in [-0.3, -0.25) is 4.79 Å².